The van der Waals surface area contributed by atoms with E-state index in [0.717, 1.165) is 35.2 Å². The average Bonchev–Trinajstić information content (AvgIpc) is 2.83. The average molecular weight is 260 g/mol. The largest absolute Gasteiger partial charge is 0.356 e. The Bertz CT molecular complexity index is 562. The van der Waals surface area contributed by atoms with Crippen LogP contribution in [0.15, 0.2) is 16.8 Å². The monoisotopic (exact) mass is 260 g/mol. The fraction of sp³-hybridized carbons (Fsp3) is 0.500. The normalized spacial score (nSPS) is 11.1. The van der Waals surface area contributed by atoms with Crippen molar-refractivity contribution in [1.29, 1.82) is 0 Å². The lowest BCUT2D eigenvalue weighted by Crippen LogP contribution is -2.19. The second-order valence-corrected chi connectivity index (χ2v) is 4.97. The maximum atomic E-state index is 5.32. The molecule has 0 aromatic carbocycles. The molecule has 0 radical (unpaired) electrons. The summed E-state index contributed by atoms with van der Waals surface area (Å²) in [6.07, 6.45) is 1.82. The number of anilines is 1. The summed E-state index contributed by atoms with van der Waals surface area (Å²) in [5.74, 6) is 1.77. The first-order valence-corrected chi connectivity index (χ1v) is 6.54. The molecular weight excluding hydrogens is 240 g/mol. The number of hydrogen-bond acceptors (Lipinski definition) is 5. The van der Waals surface area contributed by atoms with Gasteiger partial charge in [0.15, 0.2) is 5.76 Å². The van der Waals surface area contributed by atoms with Crippen LogP contribution >= 0.6 is 0 Å². The van der Waals surface area contributed by atoms with Crippen LogP contribution in [0.1, 0.15) is 38.1 Å². The summed E-state index contributed by atoms with van der Waals surface area (Å²) in [6.45, 7) is 9.09. The third-order valence-electron chi connectivity index (χ3n) is 3.06. The summed E-state index contributed by atoms with van der Waals surface area (Å²) >= 11 is 0. The Hall–Kier alpha value is -1.91. The Morgan fingerprint density at radius 2 is 2.11 bits per heavy atom. The van der Waals surface area contributed by atoms with Crippen molar-refractivity contribution < 1.29 is 4.52 Å². The summed E-state index contributed by atoms with van der Waals surface area (Å²) in [4.78, 5) is 11.1. The number of aryl methyl sites for hydroxylation is 1. The molecule has 2 rings (SSSR count). The first-order valence-electron chi connectivity index (χ1n) is 6.54. The van der Waals surface area contributed by atoms with E-state index in [1.807, 2.05) is 31.1 Å². The number of hydrogen-bond donors (Lipinski definition) is 0. The molecule has 0 aliphatic heterocycles. The lowest BCUT2D eigenvalue weighted by molar-refractivity contribution is 0.426. The molecule has 0 saturated carbocycles. The molecule has 0 bridgehead atoms. The van der Waals surface area contributed by atoms with E-state index in [2.05, 4.69) is 35.9 Å². The van der Waals surface area contributed by atoms with Crippen molar-refractivity contribution >= 4 is 5.95 Å². The van der Waals surface area contributed by atoms with Crippen LogP contribution in [0, 0.1) is 6.92 Å². The van der Waals surface area contributed by atoms with E-state index in [-0.39, 0.29) is 0 Å². The summed E-state index contributed by atoms with van der Waals surface area (Å²) in [5.41, 5.74) is 2.77. The SMILES string of the molecule is CCN(C)c1ncc(-c2cc(C)no2)c(C(C)C)n1. The van der Waals surface area contributed by atoms with Crippen molar-refractivity contribution in [1.82, 2.24) is 15.1 Å². The molecule has 0 spiro atoms. The van der Waals surface area contributed by atoms with Crippen LogP contribution in [0.2, 0.25) is 0 Å². The van der Waals surface area contributed by atoms with E-state index < -0.39 is 0 Å². The molecule has 2 aromatic rings. The van der Waals surface area contributed by atoms with Gasteiger partial charge >= 0.3 is 0 Å². The first kappa shape index (κ1) is 13.5. The molecule has 0 amide bonds. The summed E-state index contributed by atoms with van der Waals surface area (Å²) in [6, 6.07) is 1.91. The molecule has 0 aliphatic rings. The molecule has 2 heterocycles. The van der Waals surface area contributed by atoms with Gasteiger partial charge in [0.2, 0.25) is 5.95 Å². The van der Waals surface area contributed by atoms with Crippen molar-refractivity contribution in [2.24, 2.45) is 0 Å². The molecular formula is C14H20N4O. The van der Waals surface area contributed by atoms with Crippen molar-refractivity contribution in [2.45, 2.75) is 33.6 Å². The van der Waals surface area contributed by atoms with Gasteiger partial charge in [-0.2, -0.15) is 0 Å². The van der Waals surface area contributed by atoms with Crippen molar-refractivity contribution in [3.8, 4) is 11.3 Å². The Kier molecular flexibility index (Phi) is 3.83. The van der Waals surface area contributed by atoms with Gasteiger partial charge in [-0.15, -0.1) is 0 Å². The van der Waals surface area contributed by atoms with Crippen LogP contribution in [0.25, 0.3) is 11.3 Å². The van der Waals surface area contributed by atoms with Crippen molar-refractivity contribution in [3.63, 3.8) is 0 Å². The zero-order chi connectivity index (χ0) is 14.0. The van der Waals surface area contributed by atoms with Gasteiger partial charge in [-0.05, 0) is 19.8 Å². The minimum atomic E-state index is 0.299. The van der Waals surface area contributed by atoms with E-state index in [1.165, 1.54) is 0 Å². The summed E-state index contributed by atoms with van der Waals surface area (Å²) < 4.78 is 5.32. The quantitative estimate of drug-likeness (QED) is 0.845. The van der Waals surface area contributed by atoms with Gasteiger partial charge in [-0.1, -0.05) is 19.0 Å². The lowest BCUT2D eigenvalue weighted by atomic mass is 10.0. The highest BCUT2D eigenvalue weighted by atomic mass is 16.5. The molecule has 0 N–H and O–H groups in total. The van der Waals surface area contributed by atoms with Crippen molar-refractivity contribution in [2.75, 3.05) is 18.5 Å². The van der Waals surface area contributed by atoms with Gasteiger partial charge in [0.05, 0.1) is 17.0 Å². The van der Waals surface area contributed by atoms with Crippen LogP contribution in [0.5, 0.6) is 0 Å². The maximum absolute atomic E-state index is 5.32. The number of rotatable bonds is 4. The third-order valence-corrected chi connectivity index (χ3v) is 3.06. The maximum Gasteiger partial charge on any atom is 0.225 e. The van der Waals surface area contributed by atoms with Gasteiger partial charge in [0.25, 0.3) is 0 Å². The molecule has 19 heavy (non-hydrogen) atoms. The van der Waals surface area contributed by atoms with E-state index >= 15 is 0 Å². The van der Waals surface area contributed by atoms with Crippen LogP contribution in [-0.2, 0) is 0 Å². The Morgan fingerprint density at radius 1 is 1.37 bits per heavy atom. The topological polar surface area (TPSA) is 55.1 Å². The third kappa shape index (κ3) is 2.75. The lowest BCUT2D eigenvalue weighted by Gasteiger charge is -2.17. The van der Waals surface area contributed by atoms with Crippen LogP contribution in [-0.4, -0.2) is 28.7 Å². The standard InChI is InChI=1S/C14H20N4O/c1-6-18(5)14-15-8-11(13(16-14)9(2)3)12-7-10(4)17-19-12/h7-9H,6H2,1-5H3. The molecule has 5 heteroatoms. The fourth-order valence-electron chi connectivity index (χ4n) is 1.83. The minimum absolute atomic E-state index is 0.299. The van der Waals surface area contributed by atoms with Crippen LogP contribution in [0.3, 0.4) is 0 Å². The second-order valence-electron chi connectivity index (χ2n) is 4.97. The number of aromatic nitrogens is 3. The molecule has 0 fully saturated rings. The predicted molar refractivity (Wildman–Crippen MR) is 75.3 cm³/mol. The molecule has 0 atom stereocenters. The molecule has 0 aliphatic carbocycles. The first-order chi connectivity index (χ1) is 9.02. The Balaban J connectivity index is 2.50. The summed E-state index contributed by atoms with van der Waals surface area (Å²) in [7, 11) is 1.98. The zero-order valence-corrected chi connectivity index (χ0v) is 12.1. The van der Waals surface area contributed by atoms with Gasteiger partial charge in [-0.3, -0.25) is 0 Å². The smallest absolute Gasteiger partial charge is 0.225 e. The van der Waals surface area contributed by atoms with E-state index in [9.17, 15) is 0 Å². The van der Waals surface area contributed by atoms with E-state index in [0.29, 0.717) is 5.92 Å². The molecule has 0 saturated heterocycles. The molecule has 5 nitrogen and oxygen atoms in total. The second kappa shape index (κ2) is 5.38. The van der Waals surface area contributed by atoms with Crippen LogP contribution in [0.4, 0.5) is 5.95 Å². The zero-order valence-electron chi connectivity index (χ0n) is 12.1. The Labute approximate surface area is 113 Å². The highest BCUT2D eigenvalue weighted by Crippen LogP contribution is 2.28. The fourth-order valence-corrected chi connectivity index (χ4v) is 1.83. The highest BCUT2D eigenvalue weighted by Gasteiger charge is 2.16. The van der Waals surface area contributed by atoms with Gasteiger partial charge in [0.1, 0.15) is 0 Å². The highest BCUT2D eigenvalue weighted by molar-refractivity contribution is 5.61. The van der Waals surface area contributed by atoms with Crippen LogP contribution < -0.4 is 4.90 Å². The molecule has 0 unspecified atom stereocenters. The minimum Gasteiger partial charge on any atom is -0.356 e. The van der Waals surface area contributed by atoms with Gasteiger partial charge < -0.3 is 9.42 Å². The van der Waals surface area contributed by atoms with Gasteiger partial charge in [0, 0.05) is 25.9 Å². The molecule has 102 valence electrons. The summed E-state index contributed by atoms with van der Waals surface area (Å²) in [5, 5.41) is 3.93. The predicted octanol–water partition coefficient (Wildman–Crippen LogP) is 3.02. The van der Waals surface area contributed by atoms with E-state index in [4.69, 9.17) is 4.52 Å². The van der Waals surface area contributed by atoms with Crippen molar-refractivity contribution in [3.05, 3.63) is 23.7 Å². The number of nitrogens with zero attached hydrogens (tertiary/aromatic N) is 4. The molecule has 2 aromatic heterocycles. The van der Waals surface area contributed by atoms with Gasteiger partial charge in [-0.25, -0.2) is 9.97 Å². The Morgan fingerprint density at radius 3 is 2.63 bits per heavy atom. The van der Waals surface area contributed by atoms with E-state index in [1.54, 1.807) is 0 Å².